The molecule has 0 aliphatic carbocycles. The van der Waals surface area contributed by atoms with E-state index in [0.29, 0.717) is 13.0 Å². The SMILES string of the molecule is CC(C)(C)OC(=O)CC#CN1CCC[C@H]1C(=O)O. The quantitative estimate of drug-likeness (QED) is 0.592. The summed E-state index contributed by atoms with van der Waals surface area (Å²) in [5, 5.41) is 8.94. The van der Waals surface area contributed by atoms with E-state index in [0.717, 1.165) is 6.42 Å². The van der Waals surface area contributed by atoms with Gasteiger partial charge in [0.05, 0.1) is 0 Å². The van der Waals surface area contributed by atoms with Crippen LogP contribution in [0.5, 0.6) is 0 Å². The minimum absolute atomic E-state index is 0.0138. The number of carbonyl (C=O) groups is 2. The highest BCUT2D eigenvalue weighted by Gasteiger charge is 2.28. The third-order valence-electron chi connectivity index (χ3n) is 2.41. The average Bonchev–Trinajstić information content (AvgIpc) is 2.62. The van der Waals surface area contributed by atoms with Crippen LogP contribution in [-0.4, -0.2) is 40.1 Å². The summed E-state index contributed by atoms with van der Waals surface area (Å²) >= 11 is 0. The van der Waals surface area contributed by atoms with E-state index in [1.165, 1.54) is 0 Å². The lowest BCUT2D eigenvalue weighted by Gasteiger charge is -2.18. The number of likely N-dealkylation sites (tertiary alicyclic amines) is 1. The van der Waals surface area contributed by atoms with Crippen molar-refractivity contribution in [1.82, 2.24) is 4.90 Å². The highest BCUT2D eigenvalue weighted by atomic mass is 16.6. The van der Waals surface area contributed by atoms with Crippen LogP contribution in [0.3, 0.4) is 0 Å². The van der Waals surface area contributed by atoms with Gasteiger partial charge in [0.1, 0.15) is 18.1 Å². The lowest BCUT2D eigenvalue weighted by Crippen LogP contribution is -2.32. The third kappa shape index (κ3) is 4.66. The number of carboxylic acids is 1. The van der Waals surface area contributed by atoms with E-state index in [2.05, 4.69) is 12.0 Å². The summed E-state index contributed by atoms with van der Waals surface area (Å²) < 4.78 is 5.10. The van der Waals surface area contributed by atoms with Gasteiger partial charge in [-0.1, -0.05) is 5.92 Å². The lowest BCUT2D eigenvalue weighted by atomic mass is 10.2. The Kier molecular flexibility index (Phi) is 4.60. The van der Waals surface area contributed by atoms with Crippen molar-refractivity contribution >= 4 is 11.9 Å². The van der Waals surface area contributed by atoms with E-state index >= 15 is 0 Å². The highest BCUT2D eigenvalue weighted by molar-refractivity contribution is 5.74. The van der Waals surface area contributed by atoms with Crippen molar-refractivity contribution in [1.29, 1.82) is 0 Å². The third-order valence-corrected chi connectivity index (χ3v) is 2.41. The molecule has 100 valence electrons. The van der Waals surface area contributed by atoms with Crippen LogP contribution in [0.15, 0.2) is 0 Å². The zero-order chi connectivity index (χ0) is 13.8. The maximum atomic E-state index is 11.4. The fraction of sp³-hybridized carbons (Fsp3) is 0.692. The van der Waals surface area contributed by atoms with Crippen LogP contribution in [0.25, 0.3) is 0 Å². The van der Waals surface area contributed by atoms with E-state index < -0.39 is 17.6 Å². The fourth-order valence-electron chi connectivity index (χ4n) is 1.75. The first-order valence-electron chi connectivity index (χ1n) is 5.99. The van der Waals surface area contributed by atoms with Gasteiger partial charge in [-0.15, -0.1) is 0 Å². The Morgan fingerprint density at radius 1 is 1.44 bits per heavy atom. The van der Waals surface area contributed by atoms with Crippen LogP contribution in [0, 0.1) is 12.0 Å². The number of nitrogens with zero attached hydrogens (tertiary/aromatic N) is 1. The number of rotatable bonds is 2. The molecule has 0 aromatic carbocycles. The van der Waals surface area contributed by atoms with Crippen LogP contribution in [0.1, 0.15) is 40.0 Å². The zero-order valence-corrected chi connectivity index (χ0v) is 11.0. The van der Waals surface area contributed by atoms with E-state index in [1.807, 2.05) is 0 Å². The maximum Gasteiger partial charge on any atom is 0.327 e. The second-order valence-electron chi connectivity index (χ2n) is 5.24. The Bertz CT molecular complexity index is 386. The van der Waals surface area contributed by atoms with Crippen molar-refractivity contribution in [2.45, 2.75) is 51.7 Å². The van der Waals surface area contributed by atoms with Crippen LogP contribution >= 0.6 is 0 Å². The fourth-order valence-corrected chi connectivity index (χ4v) is 1.75. The second kappa shape index (κ2) is 5.76. The molecule has 1 atom stereocenters. The lowest BCUT2D eigenvalue weighted by molar-refractivity contribution is -0.153. The van der Waals surface area contributed by atoms with Gasteiger partial charge in [0.2, 0.25) is 0 Å². The molecule has 1 fully saturated rings. The topological polar surface area (TPSA) is 66.8 Å². The van der Waals surface area contributed by atoms with Crippen LogP contribution < -0.4 is 0 Å². The van der Waals surface area contributed by atoms with Gasteiger partial charge in [0, 0.05) is 12.6 Å². The molecule has 1 N–H and O–H groups in total. The predicted octanol–water partition coefficient (Wildman–Crippen LogP) is 1.23. The first-order valence-corrected chi connectivity index (χ1v) is 5.99. The molecule has 0 saturated carbocycles. The van der Waals surface area contributed by atoms with Crippen LogP contribution in [0.2, 0.25) is 0 Å². The summed E-state index contributed by atoms with van der Waals surface area (Å²) in [4.78, 5) is 23.9. The maximum absolute atomic E-state index is 11.4. The van der Waals surface area contributed by atoms with Crippen molar-refractivity contribution in [3.05, 3.63) is 0 Å². The smallest absolute Gasteiger partial charge is 0.327 e. The molecule has 1 heterocycles. The van der Waals surface area contributed by atoms with Gasteiger partial charge in [-0.2, -0.15) is 0 Å². The van der Waals surface area contributed by atoms with E-state index in [1.54, 1.807) is 25.7 Å². The minimum Gasteiger partial charge on any atom is -0.480 e. The van der Waals surface area contributed by atoms with Gasteiger partial charge in [0.15, 0.2) is 0 Å². The number of hydrogen-bond donors (Lipinski definition) is 1. The van der Waals surface area contributed by atoms with Crippen molar-refractivity contribution in [3.63, 3.8) is 0 Å². The Balaban J connectivity index is 2.46. The molecular weight excluding hydrogens is 234 g/mol. The number of carbonyl (C=O) groups excluding carboxylic acids is 1. The number of ether oxygens (including phenoxy) is 1. The molecule has 0 aromatic heterocycles. The Morgan fingerprint density at radius 2 is 2.11 bits per heavy atom. The summed E-state index contributed by atoms with van der Waals surface area (Å²) in [5.41, 5.74) is -0.518. The molecule has 5 heteroatoms. The first-order chi connectivity index (χ1) is 8.29. The molecule has 18 heavy (non-hydrogen) atoms. The van der Waals surface area contributed by atoms with Gasteiger partial charge in [0.25, 0.3) is 0 Å². The largest absolute Gasteiger partial charge is 0.480 e. The van der Waals surface area contributed by atoms with Gasteiger partial charge in [-0.3, -0.25) is 4.79 Å². The Morgan fingerprint density at radius 3 is 2.67 bits per heavy atom. The van der Waals surface area contributed by atoms with Gasteiger partial charge in [-0.05, 0) is 33.6 Å². The molecule has 0 bridgehead atoms. The second-order valence-corrected chi connectivity index (χ2v) is 5.24. The summed E-state index contributed by atoms with van der Waals surface area (Å²) in [5.74, 6) is 1.42. The molecule has 0 aromatic rings. The molecule has 5 nitrogen and oxygen atoms in total. The van der Waals surface area contributed by atoms with Crippen LogP contribution in [0.4, 0.5) is 0 Å². The molecular formula is C13H19NO4. The van der Waals surface area contributed by atoms with Gasteiger partial charge < -0.3 is 14.7 Å². The van der Waals surface area contributed by atoms with Crippen molar-refractivity contribution < 1.29 is 19.4 Å². The summed E-state index contributed by atoms with van der Waals surface area (Å²) in [7, 11) is 0. The van der Waals surface area contributed by atoms with E-state index in [9.17, 15) is 9.59 Å². The molecule has 0 radical (unpaired) electrons. The van der Waals surface area contributed by atoms with Gasteiger partial charge >= 0.3 is 11.9 Å². The number of esters is 1. The van der Waals surface area contributed by atoms with E-state index in [4.69, 9.17) is 9.84 Å². The number of aliphatic carboxylic acids is 1. The van der Waals surface area contributed by atoms with E-state index in [-0.39, 0.29) is 12.4 Å². The number of carboxylic acid groups (broad SMARTS) is 1. The predicted molar refractivity (Wildman–Crippen MR) is 65.6 cm³/mol. The zero-order valence-electron chi connectivity index (χ0n) is 11.0. The molecule has 1 saturated heterocycles. The molecule has 1 aliphatic rings. The Labute approximate surface area is 107 Å². The monoisotopic (exact) mass is 253 g/mol. The van der Waals surface area contributed by atoms with Crippen molar-refractivity contribution in [2.75, 3.05) is 6.54 Å². The average molecular weight is 253 g/mol. The van der Waals surface area contributed by atoms with Crippen molar-refractivity contribution in [2.24, 2.45) is 0 Å². The summed E-state index contributed by atoms with van der Waals surface area (Å²) in [6, 6.07) is 2.19. The highest BCUT2D eigenvalue weighted by Crippen LogP contribution is 2.15. The minimum atomic E-state index is -0.862. The molecule has 0 unspecified atom stereocenters. The summed E-state index contributed by atoms with van der Waals surface area (Å²) in [6.07, 6.45) is 1.41. The first kappa shape index (κ1) is 14.4. The molecule has 0 amide bonds. The van der Waals surface area contributed by atoms with Crippen molar-refractivity contribution in [3.8, 4) is 12.0 Å². The normalized spacial score (nSPS) is 19.1. The Hall–Kier alpha value is -1.70. The number of hydrogen-bond acceptors (Lipinski definition) is 4. The molecule has 1 aliphatic heterocycles. The molecule has 0 spiro atoms. The standard InChI is InChI=1S/C13H19NO4/c1-13(2,3)18-11(15)7-5-9-14-8-4-6-10(14)12(16)17/h10H,4,6-8H2,1-3H3,(H,16,17)/t10-/m0/s1. The van der Waals surface area contributed by atoms with Gasteiger partial charge in [-0.25, -0.2) is 4.79 Å². The summed E-state index contributed by atoms with van der Waals surface area (Å²) in [6.45, 7) is 6.01. The molecule has 1 rings (SSSR count). The van der Waals surface area contributed by atoms with Crippen LogP contribution in [-0.2, 0) is 14.3 Å².